The van der Waals surface area contributed by atoms with Crippen LogP contribution in [0.25, 0.3) is 0 Å². The average Bonchev–Trinajstić information content (AvgIpc) is 3.00. The molecule has 0 atom stereocenters. The molecule has 1 aliphatic heterocycles. The average molecular weight is 278 g/mol. The van der Waals surface area contributed by atoms with Gasteiger partial charge in [0.15, 0.2) is 0 Å². The first-order chi connectivity index (χ1) is 10.3. The van der Waals surface area contributed by atoms with E-state index in [1.54, 1.807) is 0 Å². The fraction of sp³-hybridized carbons (Fsp3) is 0.278. The second-order valence-corrected chi connectivity index (χ2v) is 5.28. The maximum atomic E-state index is 8.76. The van der Waals surface area contributed by atoms with Gasteiger partial charge in [0.1, 0.15) is 5.75 Å². The van der Waals surface area contributed by atoms with Gasteiger partial charge in [0.05, 0.1) is 18.2 Å². The van der Waals surface area contributed by atoms with Crippen molar-refractivity contribution in [2.75, 3.05) is 13.2 Å². The summed E-state index contributed by atoms with van der Waals surface area (Å²) in [5.74, 6) is 1.05. The normalized spacial score (nSPS) is 12.5. The molecule has 1 N–H and O–H groups in total. The Morgan fingerprint density at radius 1 is 1.10 bits per heavy atom. The van der Waals surface area contributed by atoms with Gasteiger partial charge in [-0.15, -0.1) is 0 Å². The van der Waals surface area contributed by atoms with Crippen LogP contribution in [0.3, 0.4) is 0 Å². The van der Waals surface area contributed by atoms with Gasteiger partial charge in [0, 0.05) is 13.0 Å². The monoisotopic (exact) mass is 278 g/mol. The molecule has 106 valence electrons. The number of nitrogens with zero attached hydrogens (tertiary/aromatic N) is 1. The fourth-order valence-electron chi connectivity index (χ4n) is 2.56. The van der Waals surface area contributed by atoms with E-state index in [1.165, 1.54) is 16.7 Å². The molecule has 0 aromatic heterocycles. The fourth-order valence-corrected chi connectivity index (χ4v) is 2.56. The number of hydrogen-bond acceptors (Lipinski definition) is 3. The highest BCUT2D eigenvalue weighted by molar-refractivity contribution is 5.39. The zero-order chi connectivity index (χ0) is 14.5. The van der Waals surface area contributed by atoms with E-state index in [1.807, 2.05) is 24.3 Å². The van der Waals surface area contributed by atoms with Crippen molar-refractivity contribution in [3.8, 4) is 11.8 Å². The number of nitriles is 1. The molecule has 1 aliphatic rings. The van der Waals surface area contributed by atoms with Gasteiger partial charge in [-0.05, 0) is 47.9 Å². The van der Waals surface area contributed by atoms with E-state index >= 15 is 0 Å². The van der Waals surface area contributed by atoms with Crippen molar-refractivity contribution in [2.45, 2.75) is 19.4 Å². The summed E-state index contributed by atoms with van der Waals surface area (Å²) in [6, 6.07) is 16.3. The Hall–Kier alpha value is -2.31. The van der Waals surface area contributed by atoms with Crippen LogP contribution in [0.5, 0.6) is 5.75 Å². The summed E-state index contributed by atoms with van der Waals surface area (Å²) in [6.07, 6.45) is 2.05. The van der Waals surface area contributed by atoms with E-state index in [4.69, 9.17) is 10.00 Å². The van der Waals surface area contributed by atoms with Gasteiger partial charge in [0.25, 0.3) is 0 Å². The molecular formula is C18H18N2O. The van der Waals surface area contributed by atoms with E-state index < -0.39 is 0 Å². The highest BCUT2D eigenvalue weighted by Crippen LogP contribution is 2.25. The Morgan fingerprint density at radius 3 is 2.71 bits per heavy atom. The zero-order valence-corrected chi connectivity index (χ0v) is 11.9. The Bertz CT molecular complexity index is 656. The zero-order valence-electron chi connectivity index (χ0n) is 11.9. The maximum Gasteiger partial charge on any atom is 0.122 e. The Kier molecular flexibility index (Phi) is 4.18. The second kappa shape index (κ2) is 6.43. The van der Waals surface area contributed by atoms with E-state index in [-0.39, 0.29) is 0 Å². The minimum absolute atomic E-state index is 0.708. The van der Waals surface area contributed by atoms with Crippen LogP contribution in [0.2, 0.25) is 0 Å². The lowest BCUT2D eigenvalue weighted by Gasteiger charge is -2.07. The predicted molar refractivity (Wildman–Crippen MR) is 82.2 cm³/mol. The number of ether oxygens (including phenoxy) is 1. The third-order valence-electron chi connectivity index (χ3n) is 3.76. The first-order valence-corrected chi connectivity index (χ1v) is 7.29. The van der Waals surface area contributed by atoms with Crippen LogP contribution < -0.4 is 10.1 Å². The van der Waals surface area contributed by atoms with Crippen LogP contribution >= 0.6 is 0 Å². The summed E-state index contributed by atoms with van der Waals surface area (Å²) in [4.78, 5) is 0. The number of fused-ring (bicyclic) bond motifs is 1. The van der Waals surface area contributed by atoms with Crippen LogP contribution in [-0.2, 0) is 19.4 Å². The number of benzene rings is 2. The molecule has 0 saturated carbocycles. The first kappa shape index (κ1) is 13.7. The molecule has 1 heterocycles. The van der Waals surface area contributed by atoms with Crippen LogP contribution in [-0.4, -0.2) is 13.2 Å². The molecule has 0 radical (unpaired) electrons. The van der Waals surface area contributed by atoms with Crippen molar-refractivity contribution in [3.05, 3.63) is 64.7 Å². The van der Waals surface area contributed by atoms with Gasteiger partial charge < -0.3 is 10.1 Å². The standard InChI is InChI=1S/C18H18N2O/c19-12-15-1-3-16(4-2-15)13-20-9-7-14-5-6-18-17(11-14)8-10-21-18/h1-6,11,20H,7-10,13H2. The molecule has 0 aliphatic carbocycles. The van der Waals surface area contributed by atoms with Crippen LogP contribution in [0, 0.1) is 11.3 Å². The van der Waals surface area contributed by atoms with Crippen molar-refractivity contribution in [1.82, 2.24) is 5.32 Å². The summed E-state index contributed by atoms with van der Waals surface area (Å²) in [6.45, 7) is 2.59. The third-order valence-corrected chi connectivity index (χ3v) is 3.76. The molecule has 0 unspecified atom stereocenters. The summed E-state index contributed by atoms with van der Waals surface area (Å²) < 4.78 is 5.52. The Labute approximate surface area is 125 Å². The molecular weight excluding hydrogens is 260 g/mol. The van der Waals surface area contributed by atoms with Gasteiger partial charge in [-0.2, -0.15) is 5.26 Å². The molecule has 3 nitrogen and oxygen atoms in total. The first-order valence-electron chi connectivity index (χ1n) is 7.29. The maximum absolute atomic E-state index is 8.76. The molecule has 0 spiro atoms. The van der Waals surface area contributed by atoms with Crippen molar-refractivity contribution >= 4 is 0 Å². The van der Waals surface area contributed by atoms with Gasteiger partial charge in [-0.1, -0.05) is 24.3 Å². The highest BCUT2D eigenvalue weighted by Gasteiger charge is 2.11. The van der Waals surface area contributed by atoms with Crippen LogP contribution in [0.15, 0.2) is 42.5 Å². The summed E-state index contributed by atoms with van der Waals surface area (Å²) in [5, 5.41) is 12.2. The molecule has 2 aromatic carbocycles. The lowest BCUT2D eigenvalue weighted by atomic mass is 10.1. The van der Waals surface area contributed by atoms with E-state index in [0.29, 0.717) is 5.56 Å². The third kappa shape index (κ3) is 3.42. The van der Waals surface area contributed by atoms with Gasteiger partial charge in [0.2, 0.25) is 0 Å². The predicted octanol–water partition coefficient (Wildman–Crippen LogP) is 2.83. The Morgan fingerprint density at radius 2 is 1.90 bits per heavy atom. The van der Waals surface area contributed by atoms with E-state index in [0.717, 1.165) is 38.3 Å². The van der Waals surface area contributed by atoms with Crippen LogP contribution in [0.1, 0.15) is 22.3 Å². The van der Waals surface area contributed by atoms with E-state index in [2.05, 4.69) is 29.6 Å². The molecule has 0 bridgehead atoms. The lowest BCUT2D eigenvalue weighted by molar-refractivity contribution is 0.357. The summed E-state index contributed by atoms with van der Waals surface area (Å²) >= 11 is 0. The minimum Gasteiger partial charge on any atom is -0.493 e. The van der Waals surface area contributed by atoms with Crippen molar-refractivity contribution in [3.63, 3.8) is 0 Å². The topological polar surface area (TPSA) is 45.0 Å². The van der Waals surface area contributed by atoms with Gasteiger partial charge in [-0.3, -0.25) is 0 Å². The minimum atomic E-state index is 0.708. The second-order valence-electron chi connectivity index (χ2n) is 5.28. The molecule has 2 aromatic rings. The number of hydrogen-bond donors (Lipinski definition) is 1. The molecule has 3 rings (SSSR count). The van der Waals surface area contributed by atoms with Crippen molar-refractivity contribution in [1.29, 1.82) is 5.26 Å². The van der Waals surface area contributed by atoms with E-state index in [9.17, 15) is 0 Å². The molecule has 0 saturated heterocycles. The smallest absolute Gasteiger partial charge is 0.122 e. The van der Waals surface area contributed by atoms with Crippen molar-refractivity contribution in [2.24, 2.45) is 0 Å². The lowest BCUT2D eigenvalue weighted by Crippen LogP contribution is -2.16. The Balaban J connectivity index is 1.46. The molecule has 21 heavy (non-hydrogen) atoms. The molecule has 3 heteroatoms. The molecule has 0 fully saturated rings. The largest absolute Gasteiger partial charge is 0.493 e. The summed E-state index contributed by atoms with van der Waals surface area (Å²) in [5.41, 5.74) is 4.60. The van der Waals surface area contributed by atoms with Gasteiger partial charge >= 0.3 is 0 Å². The highest BCUT2D eigenvalue weighted by atomic mass is 16.5. The summed E-state index contributed by atoms with van der Waals surface area (Å²) in [7, 11) is 0. The van der Waals surface area contributed by atoms with Crippen molar-refractivity contribution < 1.29 is 4.74 Å². The SMILES string of the molecule is N#Cc1ccc(CNCCc2ccc3c(c2)CCO3)cc1. The molecule has 0 amide bonds. The number of nitrogens with one attached hydrogen (secondary N) is 1. The quantitative estimate of drug-likeness (QED) is 0.855. The van der Waals surface area contributed by atoms with Crippen LogP contribution in [0.4, 0.5) is 0 Å². The van der Waals surface area contributed by atoms with Gasteiger partial charge in [-0.25, -0.2) is 0 Å². The number of rotatable bonds is 5.